The Bertz CT molecular complexity index is 304. The highest BCUT2D eigenvalue weighted by Gasteiger charge is 2.62. The largest absolute Gasteiger partial charge is 0.0892 e. The van der Waals surface area contributed by atoms with E-state index in [4.69, 9.17) is 5.53 Å². The van der Waals surface area contributed by atoms with E-state index in [0.29, 0.717) is 11.3 Å². The van der Waals surface area contributed by atoms with Crippen LogP contribution in [0, 0.1) is 17.3 Å². The van der Waals surface area contributed by atoms with Gasteiger partial charge in [-0.05, 0) is 42.5 Å². The molecule has 4 unspecified atom stereocenters. The average Bonchev–Trinajstić information content (AvgIpc) is 2.07. The lowest BCUT2D eigenvalue weighted by molar-refractivity contribution is -0.0916. The Balaban J connectivity index is 2.28. The summed E-state index contributed by atoms with van der Waals surface area (Å²) in [6.07, 6.45) is 2.32. The summed E-state index contributed by atoms with van der Waals surface area (Å²) >= 11 is 3.77. The van der Waals surface area contributed by atoms with Crippen molar-refractivity contribution in [1.29, 1.82) is 0 Å². The molecule has 4 heteroatoms. The van der Waals surface area contributed by atoms with E-state index >= 15 is 0 Å². The molecule has 0 aliphatic heterocycles. The van der Waals surface area contributed by atoms with Gasteiger partial charge in [0.1, 0.15) is 0 Å². The van der Waals surface area contributed by atoms with Crippen LogP contribution in [0.25, 0.3) is 10.4 Å². The number of azide groups is 1. The first kappa shape index (κ1) is 10.3. The molecule has 4 atom stereocenters. The summed E-state index contributed by atoms with van der Waals surface area (Å²) < 4.78 is -0.00250. The highest BCUT2D eigenvalue weighted by molar-refractivity contribution is 9.10. The number of nitrogens with zero attached hydrogens (tertiary/aromatic N) is 3. The molecule has 0 aromatic carbocycles. The van der Waals surface area contributed by atoms with Crippen molar-refractivity contribution in [1.82, 2.24) is 0 Å². The second-order valence-corrected chi connectivity index (χ2v) is 7.12. The standard InChI is InChI=1S/C10H16BrN3/c1-9(2)6-4-7(9)10(3,11)8(5-6)13-14-12/h6-8H,4-5H2,1-3H3. The molecule has 0 radical (unpaired) electrons. The number of fused-ring (bicyclic) bond motifs is 2. The zero-order chi connectivity index (χ0) is 10.6. The van der Waals surface area contributed by atoms with Crippen LogP contribution in [0.5, 0.6) is 0 Å². The molecule has 0 aromatic rings. The van der Waals surface area contributed by atoms with Crippen LogP contribution in [-0.4, -0.2) is 10.4 Å². The maximum absolute atomic E-state index is 8.52. The van der Waals surface area contributed by atoms with Crippen molar-refractivity contribution in [3.8, 4) is 0 Å². The van der Waals surface area contributed by atoms with E-state index in [0.717, 1.165) is 12.3 Å². The number of hydrogen-bond donors (Lipinski definition) is 0. The summed E-state index contributed by atoms with van der Waals surface area (Å²) in [4.78, 5) is 2.95. The molecule has 3 rings (SSSR count). The Morgan fingerprint density at radius 1 is 1.36 bits per heavy atom. The summed E-state index contributed by atoms with van der Waals surface area (Å²) in [6.45, 7) is 6.84. The van der Waals surface area contributed by atoms with E-state index in [1.54, 1.807) is 0 Å². The molecule has 14 heavy (non-hydrogen) atoms. The van der Waals surface area contributed by atoms with E-state index < -0.39 is 0 Å². The third kappa shape index (κ3) is 1.13. The Hall–Kier alpha value is -0.210. The second kappa shape index (κ2) is 2.89. The molecule has 0 saturated heterocycles. The molecule has 2 bridgehead atoms. The average molecular weight is 258 g/mol. The predicted molar refractivity (Wildman–Crippen MR) is 60.3 cm³/mol. The predicted octanol–water partition coefficient (Wildman–Crippen LogP) is 3.88. The van der Waals surface area contributed by atoms with Crippen LogP contribution in [0.15, 0.2) is 5.11 Å². The summed E-state index contributed by atoms with van der Waals surface area (Å²) in [7, 11) is 0. The first-order chi connectivity index (χ1) is 6.40. The third-order valence-electron chi connectivity index (χ3n) is 4.50. The van der Waals surface area contributed by atoms with Gasteiger partial charge in [0.25, 0.3) is 0 Å². The maximum Gasteiger partial charge on any atom is 0.0530 e. The normalized spacial score (nSPS) is 49.0. The molecule has 0 N–H and O–H groups in total. The Labute approximate surface area is 93.0 Å². The first-order valence-electron chi connectivity index (χ1n) is 5.13. The first-order valence-corrected chi connectivity index (χ1v) is 5.93. The van der Waals surface area contributed by atoms with Gasteiger partial charge in [-0.1, -0.05) is 34.9 Å². The van der Waals surface area contributed by atoms with Crippen LogP contribution >= 0.6 is 15.9 Å². The monoisotopic (exact) mass is 257 g/mol. The molecule has 0 spiro atoms. The van der Waals surface area contributed by atoms with Crippen LogP contribution in [0.3, 0.4) is 0 Å². The lowest BCUT2D eigenvalue weighted by Crippen LogP contribution is -2.63. The molecule has 78 valence electrons. The van der Waals surface area contributed by atoms with E-state index in [9.17, 15) is 0 Å². The van der Waals surface area contributed by atoms with Crippen molar-refractivity contribution in [2.75, 3.05) is 0 Å². The van der Waals surface area contributed by atoms with Crippen molar-refractivity contribution in [2.45, 2.75) is 44.0 Å². The van der Waals surface area contributed by atoms with Gasteiger partial charge in [-0.3, -0.25) is 0 Å². The topological polar surface area (TPSA) is 48.8 Å². The van der Waals surface area contributed by atoms with Crippen molar-refractivity contribution < 1.29 is 0 Å². The molecule has 3 aliphatic carbocycles. The molecular formula is C10H16BrN3. The zero-order valence-corrected chi connectivity index (χ0v) is 10.5. The van der Waals surface area contributed by atoms with Gasteiger partial charge in [-0.2, -0.15) is 0 Å². The number of alkyl halides is 1. The lowest BCUT2D eigenvalue weighted by Gasteiger charge is -2.64. The molecule has 0 heterocycles. The van der Waals surface area contributed by atoms with E-state index in [1.807, 2.05) is 0 Å². The summed E-state index contributed by atoms with van der Waals surface area (Å²) in [5.41, 5.74) is 8.94. The molecule has 0 aromatic heterocycles. The van der Waals surface area contributed by atoms with Crippen LogP contribution in [0.4, 0.5) is 0 Å². The van der Waals surface area contributed by atoms with Gasteiger partial charge in [0, 0.05) is 9.24 Å². The smallest absolute Gasteiger partial charge is 0.0530 e. The molecular weight excluding hydrogens is 242 g/mol. The Morgan fingerprint density at radius 2 is 2.00 bits per heavy atom. The minimum absolute atomic E-state index is 0.00250. The molecule has 3 saturated carbocycles. The molecule has 0 amide bonds. The highest BCUT2D eigenvalue weighted by atomic mass is 79.9. The van der Waals surface area contributed by atoms with Gasteiger partial charge in [0.2, 0.25) is 0 Å². The summed E-state index contributed by atoms with van der Waals surface area (Å²) in [5, 5.41) is 3.92. The highest BCUT2D eigenvalue weighted by Crippen LogP contribution is 2.65. The minimum Gasteiger partial charge on any atom is -0.0892 e. The van der Waals surface area contributed by atoms with Crippen LogP contribution < -0.4 is 0 Å². The number of rotatable bonds is 1. The van der Waals surface area contributed by atoms with Crippen molar-refractivity contribution in [2.24, 2.45) is 22.4 Å². The van der Waals surface area contributed by atoms with Gasteiger partial charge in [0.05, 0.1) is 6.04 Å². The fraction of sp³-hybridized carbons (Fsp3) is 1.00. The van der Waals surface area contributed by atoms with Crippen molar-refractivity contribution in [3.05, 3.63) is 10.4 Å². The summed E-state index contributed by atoms with van der Waals surface area (Å²) in [6, 6.07) is 0.129. The zero-order valence-electron chi connectivity index (χ0n) is 8.87. The maximum atomic E-state index is 8.52. The van der Waals surface area contributed by atoms with Crippen molar-refractivity contribution >= 4 is 15.9 Å². The molecule has 3 fully saturated rings. The van der Waals surface area contributed by atoms with Crippen LogP contribution in [-0.2, 0) is 0 Å². The van der Waals surface area contributed by atoms with Gasteiger partial charge >= 0.3 is 0 Å². The molecule has 3 aliphatic rings. The van der Waals surface area contributed by atoms with E-state index in [1.165, 1.54) is 6.42 Å². The lowest BCUT2D eigenvalue weighted by atomic mass is 9.45. The third-order valence-corrected chi connectivity index (χ3v) is 5.58. The number of hydrogen-bond acceptors (Lipinski definition) is 1. The quantitative estimate of drug-likeness (QED) is 0.296. The van der Waals surface area contributed by atoms with Crippen molar-refractivity contribution in [3.63, 3.8) is 0 Å². The van der Waals surface area contributed by atoms with E-state index in [-0.39, 0.29) is 10.4 Å². The minimum atomic E-state index is -0.00250. The van der Waals surface area contributed by atoms with Gasteiger partial charge in [-0.15, -0.1) is 0 Å². The fourth-order valence-corrected chi connectivity index (χ4v) is 4.38. The fourth-order valence-electron chi connectivity index (χ4n) is 3.33. The van der Waals surface area contributed by atoms with Crippen LogP contribution in [0.1, 0.15) is 33.6 Å². The number of halogens is 1. The Kier molecular flexibility index (Phi) is 2.13. The Morgan fingerprint density at radius 3 is 2.43 bits per heavy atom. The van der Waals surface area contributed by atoms with Crippen LogP contribution in [0.2, 0.25) is 0 Å². The second-order valence-electron chi connectivity index (χ2n) is 5.41. The van der Waals surface area contributed by atoms with Gasteiger partial charge in [-0.25, -0.2) is 0 Å². The van der Waals surface area contributed by atoms with Gasteiger partial charge < -0.3 is 0 Å². The van der Waals surface area contributed by atoms with Gasteiger partial charge in [0.15, 0.2) is 0 Å². The SMILES string of the molecule is CC1(C)C2CC(N=[N+]=[N-])C(C)(Br)C1C2. The summed E-state index contributed by atoms with van der Waals surface area (Å²) in [5.74, 6) is 1.39. The van der Waals surface area contributed by atoms with E-state index in [2.05, 4.69) is 46.7 Å². The molecule has 3 nitrogen and oxygen atoms in total.